The molecule has 2 heterocycles. The molecule has 0 bridgehead atoms. The van der Waals surface area contributed by atoms with Crippen LogP contribution >= 0.6 is 0 Å². The third-order valence-electron chi connectivity index (χ3n) is 2.81. The number of hydrogen-bond acceptors (Lipinski definition) is 3. The molecule has 1 N–H and O–H groups in total. The number of hydrogen-bond donors (Lipinski definition) is 1. The fraction of sp³-hybridized carbons (Fsp3) is 0.0714. The highest BCUT2D eigenvalue weighted by molar-refractivity contribution is 5.92. The molecule has 19 heavy (non-hydrogen) atoms. The minimum Gasteiger partial charge on any atom is -0.311 e. The number of H-pyrrole nitrogens is 1. The van der Waals surface area contributed by atoms with Gasteiger partial charge in [-0.3, -0.25) is 9.78 Å². The zero-order valence-electron chi connectivity index (χ0n) is 10.1. The number of nitrogens with one attached hydrogen (secondary N) is 1. The fourth-order valence-electron chi connectivity index (χ4n) is 2.07. The summed E-state index contributed by atoms with van der Waals surface area (Å²) < 4.78 is 13.6. The van der Waals surface area contributed by atoms with Gasteiger partial charge in [0.25, 0.3) is 5.56 Å². The van der Waals surface area contributed by atoms with E-state index in [-0.39, 0.29) is 11.4 Å². The Bertz CT molecular complexity index is 826. The van der Waals surface area contributed by atoms with E-state index in [1.54, 1.807) is 25.3 Å². The Morgan fingerprint density at radius 1 is 1.26 bits per heavy atom. The number of pyridine rings is 1. The summed E-state index contributed by atoms with van der Waals surface area (Å²) in [6.07, 6.45) is 1.63. The largest absolute Gasteiger partial charge is 0.311 e. The molecule has 5 heteroatoms. The Morgan fingerprint density at radius 3 is 2.89 bits per heavy atom. The second kappa shape index (κ2) is 4.28. The van der Waals surface area contributed by atoms with E-state index >= 15 is 0 Å². The lowest BCUT2D eigenvalue weighted by molar-refractivity contribution is 0.630. The molecule has 0 amide bonds. The minimum atomic E-state index is -0.379. The average Bonchev–Trinajstić information content (AvgIpc) is 2.36. The molecule has 3 rings (SSSR count). The van der Waals surface area contributed by atoms with Gasteiger partial charge in [-0.05, 0) is 25.1 Å². The van der Waals surface area contributed by atoms with Crippen LogP contribution in [0.15, 0.2) is 41.3 Å². The van der Waals surface area contributed by atoms with Gasteiger partial charge < -0.3 is 4.98 Å². The van der Waals surface area contributed by atoms with Crippen LogP contribution in [-0.4, -0.2) is 15.0 Å². The van der Waals surface area contributed by atoms with Crippen molar-refractivity contribution in [3.63, 3.8) is 0 Å². The fourth-order valence-corrected chi connectivity index (χ4v) is 2.07. The lowest BCUT2D eigenvalue weighted by Gasteiger charge is -2.06. The van der Waals surface area contributed by atoms with Crippen molar-refractivity contribution in [1.82, 2.24) is 15.0 Å². The Morgan fingerprint density at radius 2 is 2.11 bits per heavy atom. The number of benzene rings is 1. The number of fused-ring (bicyclic) bond motifs is 1. The van der Waals surface area contributed by atoms with E-state index in [0.29, 0.717) is 28.0 Å². The molecule has 2 aromatic heterocycles. The SMILES string of the molecule is Cc1nc(-c2cc(F)cc3cccnc23)cc(=O)[nH]1. The number of nitrogens with zero attached hydrogens (tertiary/aromatic N) is 2. The Kier molecular flexibility index (Phi) is 2.59. The van der Waals surface area contributed by atoms with Crippen LogP contribution in [0.25, 0.3) is 22.2 Å². The van der Waals surface area contributed by atoms with Crippen LogP contribution in [0.1, 0.15) is 5.82 Å². The van der Waals surface area contributed by atoms with E-state index in [1.807, 2.05) is 0 Å². The number of aromatic nitrogens is 3. The summed E-state index contributed by atoms with van der Waals surface area (Å²) in [5.41, 5.74) is 1.30. The topological polar surface area (TPSA) is 58.6 Å². The summed E-state index contributed by atoms with van der Waals surface area (Å²) in [6, 6.07) is 7.61. The molecule has 0 aliphatic carbocycles. The second-order valence-corrected chi connectivity index (χ2v) is 4.24. The zero-order valence-corrected chi connectivity index (χ0v) is 10.1. The van der Waals surface area contributed by atoms with Crippen molar-refractivity contribution in [3.05, 3.63) is 58.5 Å². The van der Waals surface area contributed by atoms with E-state index in [0.717, 1.165) is 0 Å². The maximum atomic E-state index is 13.6. The summed E-state index contributed by atoms with van der Waals surface area (Å²) in [5, 5.41) is 0.678. The lowest BCUT2D eigenvalue weighted by Crippen LogP contribution is -2.08. The van der Waals surface area contributed by atoms with Crippen molar-refractivity contribution in [2.75, 3.05) is 0 Å². The number of rotatable bonds is 1. The molecule has 0 unspecified atom stereocenters. The van der Waals surface area contributed by atoms with Crippen LogP contribution in [0.5, 0.6) is 0 Å². The Labute approximate surface area is 108 Å². The van der Waals surface area contributed by atoms with Gasteiger partial charge in [0.1, 0.15) is 11.6 Å². The predicted octanol–water partition coefficient (Wildman–Crippen LogP) is 2.43. The van der Waals surface area contributed by atoms with Gasteiger partial charge in [-0.15, -0.1) is 0 Å². The maximum Gasteiger partial charge on any atom is 0.251 e. The molecule has 0 fully saturated rings. The van der Waals surface area contributed by atoms with Crippen LogP contribution in [0.4, 0.5) is 4.39 Å². The molecular formula is C14H10FN3O. The predicted molar refractivity (Wildman–Crippen MR) is 70.3 cm³/mol. The van der Waals surface area contributed by atoms with Crippen molar-refractivity contribution in [2.24, 2.45) is 0 Å². The first-order valence-corrected chi connectivity index (χ1v) is 5.76. The van der Waals surface area contributed by atoms with Gasteiger partial charge in [-0.1, -0.05) is 6.07 Å². The van der Waals surface area contributed by atoms with E-state index < -0.39 is 0 Å². The van der Waals surface area contributed by atoms with Gasteiger partial charge in [-0.2, -0.15) is 0 Å². The summed E-state index contributed by atoms with van der Waals surface area (Å²) in [6.45, 7) is 1.68. The highest BCUT2D eigenvalue weighted by Gasteiger charge is 2.10. The average molecular weight is 255 g/mol. The van der Waals surface area contributed by atoms with Gasteiger partial charge in [0.15, 0.2) is 0 Å². The smallest absolute Gasteiger partial charge is 0.251 e. The summed E-state index contributed by atoms with van der Waals surface area (Å²) >= 11 is 0. The van der Waals surface area contributed by atoms with E-state index in [1.165, 1.54) is 18.2 Å². The zero-order chi connectivity index (χ0) is 13.4. The summed E-state index contributed by atoms with van der Waals surface area (Å²) in [7, 11) is 0. The highest BCUT2D eigenvalue weighted by atomic mass is 19.1. The van der Waals surface area contributed by atoms with Crippen molar-refractivity contribution < 1.29 is 4.39 Å². The van der Waals surface area contributed by atoms with E-state index in [9.17, 15) is 9.18 Å². The van der Waals surface area contributed by atoms with Crippen molar-refractivity contribution >= 4 is 10.9 Å². The van der Waals surface area contributed by atoms with E-state index in [2.05, 4.69) is 15.0 Å². The van der Waals surface area contributed by atoms with Gasteiger partial charge in [0.2, 0.25) is 0 Å². The van der Waals surface area contributed by atoms with Crippen molar-refractivity contribution in [2.45, 2.75) is 6.92 Å². The van der Waals surface area contributed by atoms with Crippen LogP contribution in [0.2, 0.25) is 0 Å². The molecule has 0 saturated heterocycles. The first-order chi connectivity index (χ1) is 9.13. The molecule has 94 valence electrons. The Hall–Kier alpha value is -2.56. The number of aromatic amines is 1. The van der Waals surface area contributed by atoms with E-state index in [4.69, 9.17) is 0 Å². The number of aryl methyl sites for hydroxylation is 1. The summed E-state index contributed by atoms with van der Waals surface area (Å²) in [5.74, 6) is 0.103. The quantitative estimate of drug-likeness (QED) is 0.726. The first kappa shape index (κ1) is 11.5. The first-order valence-electron chi connectivity index (χ1n) is 5.76. The molecule has 1 aromatic carbocycles. The highest BCUT2D eigenvalue weighted by Crippen LogP contribution is 2.26. The van der Waals surface area contributed by atoms with Crippen LogP contribution in [0.3, 0.4) is 0 Å². The summed E-state index contributed by atoms with van der Waals surface area (Å²) in [4.78, 5) is 22.5. The van der Waals surface area contributed by atoms with Gasteiger partial charge in [0, 0.05) is 23.2 Å². The van der Waals surface area contributed by atoms with Gasteiger partial charge >= 0.3 is 0 Å². The van der Waals surface area contributed by atoms with Gasteiger partial charge in [0.05, 0.1) is 11.2 Å². The molecule has 0 aliphatic heterocycles. The molecule has 0 radical (unpaired) electrons. The standard InChI is InChI=1S/C14H10FN3O/c1-8-17-12(7-13(19)18-8)11-6-10(15)5-9-3-2-4-16-14(9)11/h2-7H,1H3,(H,17,18,19). The molecule has 4 nitrogen and oxygen atoms in total. The Balaban J connectivity index is 2.38. The van der Waals surface area contributed by atoms with Crippen molar-refractivity contribution in [1.29, 1.82) is 0 Å². The van der Waals surface area contributed by atoms with Crippen LogP contribution in [-0.2, 0) is 0 Å². The van der Waals surface area contributed by atoms with Crippen LogP contribution in [0, 0.1) is 12.7 Å². The third-order valence-corrected chi connectivity index (χ3v) is 2.81. The van der Waals surface area contributed by atoms with Gasteiger partial charge in [-0.25, -0.2) is 9.37 Å². The monoisotopic (exact) mass is 255 g/mol. The molecule has 0 spiro atoms. The number of halogens is 1. The second-order valence-electron chi connectivity index (χ2n) is 4.24. The molecular weight excluding hydrogens is 245 g/mol. The molecule has 0 atom stereocenters. The minimum absolute atomic E-state index is 0.268. The normalized spacial score (nSPS) is 10.8. The maximum absolute atomic E-state index is 13.6. The molecule has 0 saturated carbocycles. The molecule has 0 aliphatic rings. The van der Waals surface area contributed by atoms with Crippen LogP contribution < -0.4 is 5.56 Å². The lowest BCUT2D eigenvalue weighted by atomic mass is 10.1. The third kappa shape index (κ3) is 2.10. The van der Waals surface area contributed by atoms with Crippen molar-refractivity contribution in [3.8, 4) is 11.3 Å². The molecule has 3 aromatic rings.